The van der Waals surface area contributed by atoms with Crippen molar-refractivity contribution in [1.29, 1.82) is 0 Å². The van der Waals surface area contributed by atoms with Crippen LogP contribution in [0.15, 0.2) is 47.4 Å². The van der Waals surface area contributed by atoms with Gasteiger partial charge in [-0.1, -0.05) is 29.8 Å². The minimum absolute atomic E-state index is 0.158. The molecule has 140 valence electrons. The van der Waals surface area contributed by atoms with E-state index in [1.54, 1.807) is 26.0 Å². The third-order valence-corrected chi connectivity index (χ3v) is 5.61. The largest absolute Gasteiger partial charge is 0.373 e. The Kier molecular flexibility index (Phi) is 6.22. The van der Waals surface area contributed by atoms with E-state index in [-0.39, 0.29) is 28.4 Å². The van der Waals surface area contributed by atoms with Crippen molar-refractivity contribution in [3.8, 4) is 0 Å². The Morgan fingerprint density at radius 2 is 1.77 bits per heavy atom. The number of benzene rings is 2. The molecule has 1 atom stereocenters. The monoisotopic (exact) mass is 397 g/mol. The molecule has 0 radical (unpaired) electrons. The maximum atomic E-state index is 12.2. The van der Waals surface area contributed by atoms with Gasteiger partial charge in [0.15, 0.2) is 0 Å². The first-order chi connectivity index (χ1) is 12.1. The lowest BCUT2D eigenvalue weighted by Gasteiger charge is -2.17. The van der Waals surface area contributed by atoms with Crippen molar-refractivity contribution in [3.63, 3.8) is 0 Å². The van der Waals surface area contributed by atoms with Gasteiger partial charge in [-0.05, 0) is 44.5 Å². The zero-order valence-corrected chi connectivity index (χ0v) is 16.1. The van der Waals surface area contributed by atoms with Crippen molar-refractivity contribution in [1.82, 2.24) is 4.72 Å². The molecule has 0 saturated carbocycles. The van der Waals surface area contributed by atoms with Crippen LogP contribution in [0.1, 0.15) is 32.4 Å². The number of anilines is 1. The molecule has 26 heavy (non-hydrogen) atoms. The van der Waals surface area contributed by atoms with Gasteiger partial charge in [-0.25, -0.2) is 13.1 Å². The Hall–Kier alpha value is -2.16. The summed E-state index contributed by atoms with van der Waals surface area (Å²) in [5.74, 6) is 0. The lowest BCUT2D eigenvalue weighted by atomic mass is 10.1. The highest BCUT2D eigenvalue weighted by molar-refractivity contribution is 7.89. The Morgan fingerprint density at radius 3 is 2.35 bits per heavy atom. The molecule has 0 amide bonds. The zero-order chi connectivity index (χ0) is 19.5. The van der Waals surface area contributed by atoms with Crippen LogP contribution in [0, 0.1) is 10.1 Å². The van der Waals surface area contributed by atoms with Crippen molar-refractivity contribution in [2.24, 2.45) is 0 Å². The molecule has 0 bridgehead atoms. The molecule has 0 heterocycles. The van der Waals surface area contributed by atoms with Crippen LogP contribution >= 0.6 is 11.6 Å². The minimum Gasteiger partial charge on any atom is -0.373 e. The van der Waals surface area contributed by atoms with Crippen molar-refractivity contribution in [2.75, 3.05) is 5.32 Å². The molecule has 0 saturated heterocycles. The number of nitrogens with zero attached hydrogens (tertiary/aromatic N) is 1. The van der Waals surface area contributed by atoms with Crippen molar-refractivity contribution in [2.45, 2.75) is 37.8 Å². The standard InChI is InChI=1S/C17H20ClN3O4S/c1-11(2)20-26(24,25)13-8-9-16(17(10-13)21(22)23)19-12(3)14-6-4-5-7-15(14)18/h4-12,19-20H,1-3H3/t12-/m0/s1. The van der Waals surface area contributed by atoms with Crippen molar-refractivity contribution < 1.29 is 13.3 Å². The summed E-state index contributed by atoms with van der Waals surface area (Å²) in [7, 11) is -3.82. The van der Waals surface area contributed by atoms with E-state index in [9.17, 15) is 18.5 Å². The summed E-state index contributed by atoms with van der Waals surface area (Å²) < 4.78 is 26.9. The second kappa shape index (κ2) is 8.03. The van der Waals surface area contributed by atoms with E-state index in [1.807, 2.05) is 19.1 Å². The van der Waals surface area contributed by atoms with E-state index in [0.717, 1.165) is 11.6 Å². The summed E-state index contributed by atoms with van der Waals surface area (Å²) in [5.41, 5.74) is 0.670. The van der Waals surface area contributed by atoms with Gasteiger partial charge in [0.1, 0.15) is 5.69 Å². The average molecular weight is 398 g/mol. The minimum atomic E-state index is -3.82. The molecule has 0 fully saturated rings. The number of nitro groups is 1. The third-order valence-electron chi connectivity index (χ3n) is 3.61. The topological polar surface area (TPSA) is 101 Å². The van der Waals surface area contributed by atoms with E-state index in [1.165, 1.54) is 12.1 Å². The number of hydrogen-bond acceptors (Lipinski definition) is 5. The molecule has 0 aliphatic carbocycles. The molecule has 0 aromatic heterocycles. The number of nitro benzene ring substituents is 1. The second-order valence-corrected chi connectivity index (χ2v) is 8.22. The Morgan fingerprint density at radius 1 is 1.12 bits per heavy atom. The smallest absolute Gasteiger partial charge is 0.293 e. The number of hydrogen-bond donors (Lipinski definition) is 2. The predicted molar refractivity (Wildman–Crippen MR) is 102 cm³/mol. The van der Waals surface area contributed by atoms with Crippen LogP contribution in [-0.4, -0.2) is 19.4 Å². The number of rotatable bonds is 7. The highest BCUT2D eigenvalue weighted by Crippen LogP contribution is 2.32. The Labute approximate surface area is 157 Å². The lowest BCUT2D eigenvalue weighted by molar-refractivity contribution is -0.384. The number of halogens is 1. The van der Waals surface area contributed by atoms with Crippen molar-refractivity contribution >= 4 is 33.0 Å². The first-order valence-electron chi connectivity index (χ1n) is 7.93. The van der Waals surface area contributed by atoms with Crippen LogP contribution in [-0.2, 0) is 10.0 Å². The van der Waals surface area contributed by atoms with Crippen LogP contribution in [0.25, 0.3) is 0 Å². The van der Waals surface area contributed by atoms with Gasteiger partial charge in [0.2, 0.25) is 10.0 Å². The van der Waals surface area contributed by atoms with E-state index in [0.29, 0.717) is 5.02 Å². The van der Waals surface area contributed by atoms with Gasteiger partial charge in [0.05, 0.1) is 15.9 Å². The fourth-order valence-corrected chi connectivity index (χ4v) is 4.04. The predicted octanol–water partition coefficient (Wildman–Crippen LogP) is 4.11. The SMILES string of the molecule is CC(C)NS(=O)(=O)c1ccc(N[C@@H](C)c2ccccc2Cl)c([N+](=O)[O-])c1. The molecule has 7 nitrogen and oxygen atoms in total. The molecule has 2 aromatic carbocycles. The van der Waals surface area contributed by atoms with Gasteiger partial charge >= 0.3 is 0 Å². The van der Waals surface area contributed by atoms with E-state index >= 15 is 0 Å². The molecule has 0 spiro atoms. The van der Waals surface area contributed by atoms with Crippen LogP contribution in [0.4, 0.5) is 11.4 Å². The van der Waals surface area contributed by atoms with E-state index < -0.39 is 14.9 Å². The van der Waals surface area contributed by atoms with Gasteiger partial charge in [-0.3, -0.25) is 10.1 Å². The summed E-state index contributed by atoms with van der Waals surface area (Å²) in [6.07, 6.45) is 0. The zero-order valence-electron chi connectivity index (χ0n) is 14.6. The van der Waals surface area contributed by atoms with E-state index in [4.69, 9.17) is 11.6 Å². The highest BCUT2D eigenvalue weighted by atomic mass is 35.5. The fourth-order valence-electron chi connectivity index (χ4n) is 2.47. The van der Waals surface area contributed by atoms with Crippen LogP contribution in [0.5, 0.6) is 0 Å². The summed E-state index contributed by atoms with van der Waals surface area (Å²) in [6.45, 7) is 5.16. The first-order valence-corrected chi connectivity index (χ1v) is 9.79. The summed E-state index contributed by atoms with van der Waals surface area (Å²) in [6, 6.07) is 10.3. The van der Waals surface area contributed by atoms with Crippen LogP contribution < -0.4 is 10.0 Å². The molecule has 0 aliphatic heterocycles. The summed E-state index contributed by atoms with van der Waals surface area (Å²) in [4.78, 5) is 10.7. The molecule has 0 aliphatic rings. The maximum Gasteiger partial charge on any atom is 0.293 e. The quantitative estimate of drug-likeness (QED) is 0.540. The maximum absolute atomic E-state index is 12.2. The third kappa shape index (κ3) is 4.72. The molecule has 2 N–H and O–H groups in total. The van der Waals surface area contributed by atoms with Gasteiger partial charge in [0.25, 0.3) is 5.69 Å². The molecule has 2 rings (SSSR count). The highest BCUT2D eigenvalue weighted by Gasteiger charge is 2.23. The van der Waals surface area contributed by atoms with Gasteiger partial charge in [-0.15, -0.1) is 0 Å². The number of sulfonamides is 1. The molecule has 0 unspecified atom stereocenters. The molecular formula is C17H20ClN3O4S. The molecule has 9 heteroatoms. The summed E-state index contributed by atoms with van der Waals surface area (Å²) >= 11 is 6.16. The Bertz CT molecular complexity index is 916. The second-order valence-electron chi connectivity index (χ2n) is 6.10. The van der Waals surface area contributed by atoms with Crippen molar-refractivity contribution in [3.05, 3.63) is 63.2 Å². The summed E-state index contributed by atoms with van der Waals surface area (Å²) in [5, 5.41) is 15.0. The normalized spacial score (nSPS) is 12.8. The number of nitrogens with one attached hydrogen (secondary N) is 2. The van der Waals surface area contributed by atoms with E-state index in [2.05, 4.69) is 10.0 Å². The average Bonchev–Trinajstić information content (AvgIpc) is 2.53. The van der Waals surface area contributed by atoms with Crippen LogP contribution in [0.3, 0.4) is 0 Å². The van der Waals surface area contributed by atoms with Crippen LogP contribution in [0.2, 0.25) is 5.02 Å². The van der Waals surface area contributed by atoms with Gasteiger partial charge < -0.3 is 5.32 Å². The fraction of sp³-hybridized carbons (Fsp3) is 0.294. The van der Waals surface area contributed by atoms with Gasteiger partial charge in [0, 0.05) is 17.1 Å². The molecule has 2 aromatic rings. The van der Waals surface area contributed by atoms with Gasteiger partial charge in [-0.2, -0.15) is 0 Å². The molecular weight excluding hydrogens is 378 g/mol. The Balaban J connectivity index is 2.38. The lowest BCUT2D eigenvalue weighted by Crippen LogP contribution is -2.30. The first kappa shape index (κ1) is 20.2.